The monoisotopic (exact) mass is 286 g/mol. The second-order valence-electron chi connectivity index (χ2n) is 5.32. The van der Waals surface area contributed by atoms with Crippen LogP contribution in [-0.4, -0.2) is 22.8 Å². The Morgan fingerprint density at radius 1 is 1.19 bits per heavy atom. The molecule has 1 aromatic heterocycles. The number of carbonyl (C=O) groups excluding carboxylic acids is 1. The van der Waals surface area contributed by atoms with Crippen molar-refractivity contribution in [2.45, 2.75) is 19.9 Å². The summed E-state index contributed by atoms with van der Waals surface area (Å²) in [5.74, 6) is -0.455. The largest absolute Gasteiger partial charge is 0.333 e. The Morgan fingerprint density at radius 3 is 2.52 bits per heavy atom. The molecular weight excluding hydrogens is 267 g/mol. The fourth-order valence-electron chi connectivity index (χ4n) is 2.34. The van der Waals surface area contributed by atoms with E-state index in [1.165, 1.54) is 12.1 Å². The summed E-state index contributed by atoms with van der Waals surface area (Å²) >= 11 is 0. The fraction of sp³-hybridized carbons (Fsp3) is 0.294. The molecule has 0 unspecified atom stereocenters. The Hall–Kier alpha value is -2.23. The summed E-state index contributed by atoms with van der Waals surface area (Å²) in [5.41, 5.74) is 1.44. The molecule has 0 aliphatic rings. The van der Waals surface area contributed by atoms with Crippen LogP contribution in [0.15, 0.2) is 48.7 Å². The number of rotatable bonds is 4. The molecule has 4 heteroatoms. The van der Waals surface area contributed by atoms with Crippen LogP contribution in [0.5, 0.6) is 0 Å². The van der Waals surface area contributed by atoms with Crippen LogP contribution in [0.4, 0.5) is 4.39 Å². The molecule has 0 radical (unpaired) electrons. The summed E-state index contributed by atoms with van der Waals surface area (Å²) in [6.45, 7) is 3.69. The predicted molar refractivity (Wildman–Crippen MR) is 80.1 cm³/mol. The maximum absolute atomic E-state index is 13.5. The number of carbonyl (C=O) groups is 1. The van der Waals surface area contributed by atoms with E-state index in [-0.39, 0.29) is 17.6 Å². The van der Waals surface area contributed by atoms with Crippen molar-refractivity contribution < 1.29 is 9.18 Å². The van der Waals surface area contributed by atoms with Crippen molar-refractivity contribution in [2.24, 2.45) is 5.92 Å². The smallest absolute Gasteiger partial charge is 0.225 e. The van der Waals surface area contributed by atoms with Gasteiger partial charge in [-0.2, -0.15) is 0 Å². The second-order valence-corrected chi connectivity index (χ2v) is 5.32. The van der Waals surface area contributed by atoms with E-state index in [0.29, 0.717) is 5.56 Å². The minimum Gasteiger partial charge on any atom is -0.333 e. The molecule has 21 heavy (non-hydrogen) atoms. The van der Waals surface area contributed by atoms with Crippen molar-refractivity contribution >= 4 is 5.91 Å². The van der Waals surface area contributed by atoms with Crippen LogP contribution in [0.25, 0.3) is 0 Å². The Kier molecular flexibility index (Phi) is 4.68. The molecule has 0 spiro atoms. The molecule has 0 saturated heterocycles. The summed E-state index contributed by atoms with van der Waals surface area (Å²) < 4.78 is 13.5. The van der Waals surface area contributed by atoms with E-state index in [1.54, 1.807) is 24.2 Å². The van der Waals surface area contributed by atoms with Gasteiger partial charge in [0, 0.05) is 19.2 Å². The third-order valence-electron chi connectivity index (χ3n) is 3.36. The first-order valence-corrected chi connectivity index (χ1v) is 6.93. The van der Waals surface area contributed by atoms with Crippen LogP contribution < -0.4 is 0 Å². The first kappa shape index (κ1) is 15.2. The molecule has 3 nitrogen and oxygen atoms in total. The van der Waals surface area contributed by atoms with E-state index in [9.17, 15) is 9.18 Å². The van der Waals surface area contributed by atoms with Gasteiger partial charge in [0.15, 0.2) is 0 Å². The Morgan fingerprint density at radius 2 is 1.95 bits per heavy atom. The molecule has 0 fully saturated rings. The maximum Gasteiger partial charge on any atom is 0.225 e. The third-order valence-corrected chi connectivity index (χ3v) is 3.36. The van der Waals surface area contributed by atoms with E-state index in [2.05, 4.69) is 4.98 Å². The lowest BCUT2D eigenvalue weighted by atomic mass is 10.00. The van der Waals surface area contributed by atoms with Crippen LogP contribution in [-0.2, 0) is 4.79 Å². The van der Waals surface area contributed by atoms with Gasteiger partial charge in [0.2, 0.25) is 5.91 Å². The van der Waals surface area contributed by atoms with Crippen molar-refractivity contribution in [3.8, 4) is 0 Å². The average molecular weight is 286 g/mol. The van der Waals surface area contributed by atoms with Crippen LogP contribution >= 0.6 is 0 Å². The number of pyridine rings is 1. The lowest BCUT2D eigenvalue weighted by Gasteiger charge is -2.29. The van der Waals surface area contributed by atoms with Gasteiger partial charge in [-0.15, -0.1) is 0 Å². The van der Waals surface area contributed by atoms with E-state index in [4.69, 9.17) is 0 Å². The van der Waals surface area contributed by atoms with Crippen molar-refractivity contribution in [2.75, 3.05) is 7.05 Å². The minimum atomic E-state index is -0.392. The van der Waals surface area contributed by atoms with E-state index in [1.807, 2.05) is 38.1 Å². The molecule has 0 aliphatic heterocycles. The third kappa shape index (κ3) is 3.45. The van der Waals surface area contributed by atoms with E-state index >= 15 is 0 Å². The SMILES string of the molecule is CC(C)C(=O)N(C)[C@H](c1cccc(F)c1)c1ccccn1. The second kappa shape index (κ2) is 6.48. The summed E-state index contributed by atoms with van der Waals surface area (Å²) in [4.78, 5) is 18.3. The maximum atomic E-state index is 13.5. The summed E-state index contributed by atoms with van der Waals surface area (Å²) in [6, 6.07) is 11.4. The van der Waals surface area contributed by atoms with Gasteiger partial charge in [0.25, 0.3) is 0 Å². The zero-order valence-corrected chi connectivity index (χ0v) is 12.5. The van der Waals surface area contributed by atoms with Crippen LogP contribution in [0, 0.1) is 11.7 Å². The van der Waals surface area contributed by atoms with Gasteiger partial charge in [-0.1, -0.05) is 32.0 Å². The van der Waals surface area contributed by atoms with Crippen molar-refractivity contribution in [3.63, 3.8) is 0 Å². The molecule has 2 rings (SSSR count). The van der Waals surface area contributed by atoms with Crippen molar-refractivity contribution in [1.29, 1.82) is 0 Å². The zero-order chi connectivity index (χ0) is 15.4. The Bertz CT molecular complexity index is 613. The normalized spacial score (nSPS) is 12.2. The van der Waals surface area contributed by atoms with Gasteiger partial charge in [-0.3, -0.25) is 9.78 Å². The topological polar surface area (TPSA) is 33.2 Å². The van der Waals surface area contributed by atoms with Gasteiger partial charge in [0.1, 0.15) is 5.82 Å². The lowest BCUT2D eigenvalue weighted by Crippen LogP contribution is -2.35. The highest BCUT2D eigenvalue weighted by Crippen LogP contribution is 2.27. The number of aromatic nitrogens is 1. The average Bonchev–Trinajstić information content (AvgIpc) is 2.47. The molecule has 1 atom stereocenters. The highest BCUT2D eigenvalue weighted by molar-refractivity contribution is 5.78. The Labute approximate surface area is 124 Å². The number of amides is 1. The summed E-state index contributed by atoms with van der Waals surface area (Å²) in [6.07, 6.45) is 1.68. The van der Waals surface area contributed by atoms with Crippen LogP contribution in [0.3, 0.4) is 0 Å². The number of halogens is 1. The number of hydrogen-bond acceptors (Lipinski definition) is 2. The molecule has 0 N–H and O–H groups in total. The summed E-state index contributed by atoms with van der Waals surface area (Å²) in [5, 5.41) is 0. The van der Waals surface area contributed by atoms with Gasteiger partial charge >= 0.3 is 0 Å². The Balaban J connectivity index is 2.47. The highest BCUT2D eigenvalue weighted by atomic mass is 19.1. The first-order chi connectivity index (χ1) is 10.0. The molecular formula is C17H19FN2O. The lowest BCUT2D eigenvalue weighted by molar-refractivity contribution is -0.134. The molecule has 0 saturated carbocycles. The molecule has 0 bridgehead atoms. The van der Waals surface area contributed by atoms with Gasteiger partial charge in [-0.05, 0) is 29.8 Å². The number of nitrogens with zero attached hydrogens (tertiary/aromatic N) is 2. The standard InChI is InChI=1S/C17H19FN2O/c1-12(2)17(21)20(3)16(15-9-4-5-10-19-15)13-7-6-8-14(18)11-13/h4-12,16H,1-3H3/t16-/m1/s1. The molecule has 1 aromatic carbocycles. The molecule has 1 heterocycles. The quantitative estimate of drug-likeness (QED) is 0.862. The first-order valence-electron chi connectivity index (χ1n) is 6.93. The summed E-state index contributed by atoms with van der Waals surface area (Å²) in [7, 11) is 1.73. The molecule has 2 aromatic rings. The van der Waals surface area contributed by atoms with Crippen molar-refractivity contribution in [1.82, 2.24) is 9.88 Å². The zero-order valence-electron chi connectivity index (χ0n) is 12.5. The number of hydrogen-bond donors (Lipinski definition) is 0. The fourth-order valence-corrected chi connectivity index (χ4v) is 2.34. The van der Waals surface area contributed by atoms with Crippen LogP contribution in [0.1, 0.15) is 31.1 Å². The molecule has 1 amide bonds. The van der Waals surface area contributed by atoms with Gasteiger partial charge in [0.05, 0.1) is 11.7 Å². The number of benzene rings is 1. The van der Waals surface area contributed by atoms with Gasteiger partial charge < -0.3 is 4.90 Å². The molecule has 110 valence electrons. The van der Waals surface area contributed by atoms with Crippen LogP contribution in [0.2, 0.25) is 0 Å². The minimum absolute atomic E-state index is 0.00471. The van der Waals surface area contributed by atoms with E-state index in [0.717, 1.165) is 5.69 Å². The van der Waals surface area contributed by atoms with Gasteiger partial charge in [-0.25, -0.2) is 4.39 Å². The predicted octanol–water partition coefficient (Wildman–Crippen LogP) is 3.42. The molecule has 0 aliphatic carbocycles. The van der Waals surface area contributed by atoms with Crippen molar-refractivity contribution in [3.05, 3.63) is 65.7 Å². The van der Waals surface area contributed by atoms with E-state index < -0.39 is 6.04 Å². The highest BCUT2D eigenvalue weighted by Gasteiger charge is 2.26.